The predicted molar refractivity (Wildman–Crippen MR) is 88.9 cm³/mol. The molecule has 1 N–H and O–H groups in total. The number of allylic oxidation sites excluding steroid dienone is 2. The molecule has 24 heavy (non-hydrogen) atoms. The van der Waals surface area contributed by atoms with Crippen molar-refractivity contribution < 1.29 is 14.4 Å². The number of anilines is 1. The maximum atomic E-state index is 12.7. The van der Waals surface area contributed by atoms with Crippen molar-refractivity contribution in [3.05, 3.63) is 42.0 Å². The summed E-state index contributed by atoms with van der Waals surface area (Å²) in [5.74, 6) is -0.892. The van der Waals surface area contributed by atoms with Crippen LogP contribution in [0.4, 0.5) is 5.69 Å². The molecule has 0 aromatic heterocycles. The van der Waals surface area contributed by atoms with E-state index in [9.17, 15) is 14.4 Å². The number of carbonyl (C=O) groups is 3. The lowest BCUT2D eigenvalue weighted by molar-refractivity contribution is -0.142. The molecule has 3 aliphatic carbocycles. The van der Waals surface area contributed by atoms with E-state index in [2.05, 4.69) is 17.5 Å². The molecule has 124 valence electrons. The highest BCUT2D eigenvalue weighted by atomic mass is 16.2. The zero-order chi connectivity index (χ0) is 16.8. The van der Waals surface area contributed by atoms with E-state index in [0.717, 1.165) is 18.4 Å². The van der Waals surface area contributed by atoms with Crippen LogP contribution in [0, 0.1) is 30.6 Å². The third-order valence-corrected chi connectivity index (χ3v) is 5.45. The number of amides is 3. The first-order valence-electron chi connectivity index (χ1n) is 8.44. The Morgan fingerprint density at radius 1 is 1.12 bits per heavy atom. The zero-order valence-corrected chi connectivity index (χ0v) is 13.6. The number of nitrogens with zero attached hydrogens (tertiary/aromatic N) is 1. The average Bonchev–Trinajstić information content (AvgIpc) is 2.83. The van der Waals surface area contributed by atoms with Crippen LogP contribution in [0.25, 0.3) is 0 Å². The highest BCUT2D eigenvalue weighted by Crippen LogP contribution is 2.49. The Morgan fingerprint density at radius 2 is 1.75 bits per heavy atom. The largest absolute Gasteiger partial charge is 0.325 e. The van der Waals surface area contributed by atoms with Crippen LogP contribution in [0.3, 0.4) is 0 Å². The minimum Gasteiger partial charge on any atom is -0.325 e. The monoisotopic (exact) mass is 324 g/mol. The second kappa shape index (κ2) is 5.58. The standard InChI is InChI=1S/C19H20N2O3/c1-11-3-2-4-14(9-11)20-15(22)10-21-18(23)16-12-5-6-13(8-7-12)17(16)19(21)24/h2-6,9,12-13,16-17H,7-8,10H2,1H3,(H,20,22)/t12-,13-,16-,17-/m0/s1. The summed E-state index contributed by atoms with van der Waals surface area (Å²) in [6, 6.07) is 7.45. The van der Waals surface area contributed by atoms with Crippen LogP contribution in [0.1, 0.15) is 18.4 Å². The molecular weight excluding hydrogens is 304 g/mol. The lowest BCUT2D eigenvalue weighted by Gasteiger charge is -2.38. The molecule has 3 amide bonds. The lowest BCUT2D eigenvalue weighted by Crippen LogP contribution is -2.38. The SMILES string of the molecule is Cc1cccc(NC(=O)CN2C(=O)[C@@H]3[C@@H](C2=O)[C@H]2C=C[C@H]3CC2)c1. The number of aryl methyl sites for hydroxylation is 1. The number of hydrogen-bond acceptors (Lipinski definition) is 3. The van der Waals surface area contributed by atoms with Gasteiger partial charge in [-0.15, -0.1) is 0 Å². The van der Waals surface area contributed by atoms with Crippen molar-refractivity contribution in [3.63, 3.8) is 0 Å². The van der Waals surface area contributed by atoms with Gasteiger partial charge in [-0.1, -0.05) is 24.3 Å². The Hall–Kier alpha value is -2.43. The fourth-order valence-corrected chi connectivity index (χ4v) is 4.36. The van der Waals surface area contributed by atoms with Gasteiger partial charge >= 0.3 is 0 Å². The van der Waals surface area contributed by atoms with Gasteiger partial charge in [-0.2, -0.15) is 0 Å². The summed E-state index contributed by atoms with van der Waals surface area (Å²) in [5.41, 5.74) is 1.72. The highest BCUT2D eigenvalue weighted by Gasteiger charge is 2.56. The van der Waals surface area contributed by atoms with E-state index in [1.807, 2.05) is 25.1 Å². The van der Waals surface area contributed by atoms with Gasteiger partial charge in [0.05, 0.1) is 11.8 Å². The topological polar surface area (TPSA) is 66.5 Å². The fraction of sp³-hybridized carbons (Fsp3) is 0.421. The summed E-state index contributed by atoms with van der Waals surface area (Å²) < 4.78 is 0. The van der Waals surface area contributed by atoms with Crippen molar-refractivity contribution in [2.75, 3.05) is 11.9 Å². The Kier molecular flexibility index (Phi) is 3.52. The van der Waals surface area contributed by atoms with Crippen LogP contribution < -0.4 is 5.32 Å². The van der Waals surface area contributed by atoms with E-state index < -0.39 is 0 Å². The molecule has 2 bridgehead atoms. The van der Waals surface area contributed by atoms with Gasteiger partial charge in [-0.3, -0.25) is 19.3 Å². The number of rotatable bonds is 3. The molecule has 4 atom stereocenters. The molecule has 0 unspecified atom stereocenters. The molecule has 5 rings (SSSR count). The molecule has 1 saturated heterocycles. The zero-order valence-electron chi connectivity index (χ0n) is 13.6. The normalized spacial score (nSPS) is 30.6. The van der Waals surface area contributed by atoms with Crippen molar-refractivity contribution in [2.24, 2.45) is 23.7 Å². The molecule has 0 radical (unpaired) electrons. The van der Waals surface area contributed by atoms with Crippen molar-refractivity contribution >= 4 is 23.4 Å². The number of likely N-dealkylation sites (tertiary alicyclic amines) is 1. The minimum atomic E-state index is -0.332. The molecular formula is C19H20N2O3. The van der Waals surface area contributed by atoms with Gasteiger partial charge in [0.1, 0.15) is 6.54 Å². The first-order chi connectivity index (χ1) is 11.5. The number of hydrogen-bond donors (Lipinski definition) is 1. The molecule has 1 aromatic rings. The molecule has 1 saturated carbocycles. The van der Waals surface area contributed by atoms with Gasteiger partial charge in [0.25, 0.3) is 0 Å². The summed E-state index contributed by atoms with van der Waals surface area (Å²) in [5, 5.41) is 2.77. The van der Waals surface area contributed by atoms with E-state index >= 15 is 0 Å². The molecule has 0 spiro atoms. The maximum Gasteiger partial charge on any atom is 0.244 e. The first-order valence-corrected chi connectivity index (χ1v) is 8.44. The molecule has 2 fully saturated rings. The van der Waals surface area contributed by atoms with Gasteiger partial charge in [0.2, 0.25) is 17.7 Å². The predicted octanol–water partition coefficient (Wildman–Crippen LogP) is 2.13. The molecule has 1 aliphatic heterocycles. The Bertz CT molecular complexity index is 723. The summed E-state index contributed by atoms with van der Waals surface area (Å²) in [4.78, 5) is 38.8. The Balaban J connectivity index is 1.48. The van der Waals surface area contributed by atoms with Crippen molar-refractivity contribution in [3.8, 4) is 0 Å². The number of nitrogens with one attached hydrogen (secondary N) is 1. The number of carbonyl (C=O) groups excluding carboxylic acids is 3. The van der Waals surface area contributed by atoms with Crippen molar-refractivity contribution in [1.82, 2.24) is 4.90 Å². The van der Waals surface area contributed by atoms with E-state index in [-0.39, 0.29) is 47.9 Å². The fourth-order valence-electron chi connectivity index (χ4n) is 4.36. The van der Waals surface area contributed by atoms with Crippen molar-refractivity contribution in [2.45, 2.75) is 19.8 Å². The first kappa shape index (κ1) is 15.1. The quantitative estimate of drug-likeness (QED) is 0.684. The van der Waals surface area contributed by atoms with Crippen LogP contribution in [-0.4, -0.2) is 29.2 Å². The Labute approximate surface area is 140 Å². The van der Waals surface area contributed by atoms with E-state index in [1.54, 1.807) is 6.07 Å². The second-order valence-electron chi connectivity index (χ2n) is 7.02. The molecule has 1 aromatic carbocycles. The third kappa shape index (κ3) is 2.35. The smallest absolute Gasteiger partial charge is 0.244 e. The summed E-state index contributed by atoms with van der Waals surface area (Å²) in [7, 11) is 0. The molecule has 4 aliphatic rings. The average molecular weight is 324 g/mol. The molecule has 5 nitrogen and oxygen atoms in total. The third-order valence-electron chi connectivity index (χ3n) is 5.45. The van der Waals surface area contributed by atoms with Crippen LogP contribution in [-0.2, 0) is 14.4 Å². The minimum absolute atomic E-state index is 0.154. The van der Waals surface area contributed by atoms with Crippen molar-refractivity contribution in [1.29, 1.82) is 0 Å². The van der Waals surface area contributed by atoms with E-state index in [1.165, 1.54) is 4.90 Å². The summed E-state index contributed by atoms with van der Waals surface area (Å²) in [6.45, 7) is 1.74. The van der Waals surface area contributed by atoms with Crippen LogP contribution in [0.2, 0.25) is 0 Å². The highest BCUT2D eigenvalue weighted by molar-refractivity contribution is 6.09. The van der Waals surface area contributed by atoms with Crippen LogP contribution in [0.5, 0.6) is 0 Å². The van der Waals surface area contributed by atoms with E-state index in [0.29, 0.717) is 5.69 Å². The summed E-state index contributed by atoms with van der Waals surface area (Å²) >= 11 is 0. The van der Waals surface area contributed by atoms with Gasteiger partial charge in [-0.25, -0.2) is 0 Å². The van der Waals surface area contributed by atoms with Gasteiger partial charge in [0.15, 0.2) is 0 Å². The number of benzene rings is 1. The van der Waals surface area contributed by atoms with Crippen LogP contribution in [0.15, 0.2) is 36.4 Å². The molecule has 5 heteroatoms. The van der Waals surface area contributed by atoms with Gasteiger partial charge < -0.3 is 5.32 Å². The van der Waals surface area contributed by atoms with Gasteiger partial charge in [0, 0.05) is 5.69 Å². The summed E-state index contributed by atoms with van der Waals surface area (Å²) in [6.07, 6.45) is 6.09. The Morgan fingerprint density at radius 3 is 2.29 bits per heavy atom. The number of imide groups is 1. The van der Waals surface area contributed by atoms with Crippen LogP contribution >= 0.6 is 0 Å². The molecule has 1 heterocycles. The van der Waals surface area contributed by atoms with Gasteiger partial charge in [-0.05, 0) is 49.3 Å². The van der Waals surface area contributed by atoms with E-state index in [4.69, 9.17) is 0 Å². The lowest BCUT2D eigenvalue weighted by atomic mass is 9.63. The number of fused-ring (bicyclic) bond motifs is 1. The second-order valence-corrected chi connectivity index (χ2v) is 7.02. The maximum absolute atomic E-state index is 12.7.